The molecule has 2 rings (SSSR count). The van der Waals surface area contributed by atoms with Gasteiger partial charge >= 0.3 is 6.03 Å². The summed E-state index contributed by atoms with van der Waals surface area (Å²) >= 11 is 0. The van der Waals surface area contributed by atoms with Crippen molar-refractivity contribution in [1.82, 2.24) is 5.32 Å². The molecule has 0 bridgehead atoms. The van der Waals surface area contributed by atoms with Gasteiger partial charge in [-0.15, -0.1) is 0 Å². The summed E-state index contributed by atoms with van der Waals surface area (Å²) in [4.78, 5) is 11.8. The van der Waals surface area contributed by atoms with Gasteiger partial charge in [-0.25, -0.2) is 4.79 Å². The van der Waals surface area contributed by atoms with Gasteiger partial charge in [-0.3, -0.25) is 0 Å². The first kappa shape index (κ1) is 14.8. The van der Waals surface area contributed by atoms with Crippen LogP contribution in [0.3, 0.4) is 0 Å². The van der Waals surface area contributed by atoms with Crippen molar-refractivity contribution in [2.75, 3.05) is 25.1 Å². The summed E-state index contributed by atoms with van der Waals surface area (Å²) in [5.41, 5.74) is 1.47. The van der Waals surface area contributed by atoms with Gasteiger partial charge in [0.15, 0.2) is 0 Å². The van der Waals surface area contributed by atoms with Crippen LogP contribution < -0.4 is 10.6 Å². The Morgan fingerprint density at radius 1 is 1.45 bits per heavy atom. The van der Waals surface area contributed by atoms with Gasteiger partial charge in [0.1, 0.15) is 0 Å². The molecule has 0 aromatic heterocycles. The van der Waals surface area contributed by atoms with Crippen molar-refractivity contribution in [3.63, 3.8) is 0 Å². The number of rotatable bonds is 4. The summed E-state index contributed by atoms with van der Waals surface area (Å²) in [5.74, 6) is 0.498. The SMILES string of the molecule is CC(O)c1cccc(NC(=O)NCC2CCOCC2)c1. The maximum Gasteiger partial charge on any atom is 0.319 e. The number of ether oxygens (including phenoxy) is 1. The molecule has 20 heavy (non-hydrogen) atoms. The number of aliphatic hydroxyl groups is 1. The largest absolute Gasteiger partial charge is 0.389 e. The predicted molar refractivity (Wildman–Crippen MR) is 77.6 cm³/mol. The van der Waals surface area contributed by atoms with E-state index >= 15 is 0 Å². The molecule has 1 aliphatic rings. The third-order valence-electron chi connectivity index (χ3n) is 3.52. The standard InChI is InChI=1S/C15H22N2O3/c1-11(18)13-3-2-4-14(9-13)17-15(19)16-10-12-5-7-20-8-6-12/h2-4,9,11-12,18H,5-8,10H2,1H3,(H2,16,17,19). The number of urea groups is 1. The van der Waals surface area contributed by atoms with Crippen molar-refractivity contribution in [2.24, 2.45) is 5.92 Å². The van der Waals surface area contributed by atoms with Crippen LogP contribution in [0.25, 0.3) is 0 Å². The molecule has 1 unspecified atom stereocenters. The van der Waals surface area contributed by atoms with Crippen molar-refractivity contribution in [3.05, 3.63) is 29.8 Å². The molecule has 1 fully saturated rings. The normalized spacial score (nSPS) is 17.5. The lowest BCUT2D eigenvalue weighted by atomic mass is 10.0. The summed E-state index contributed by atoms with van der Waals surface area (Å²) in [7, 11) is 0. The van der Waals surface area contributed by atoms with Gasteiger partial charge in [0.25, 0.3) is 0 Å². The van der Waals surface area contributed by atoms with Crippen LogP contribution in [-0.4, -0.2) is 30.9 Å². The number of carbonyl (C=O) groups excluding carboxylic acids is 1. The second-order valence-corrected chi connectivity index (χ2v) is 5.19. The molecule has 1 aliphatic heterocycles. The summed E-state index contributed by atoms with van der Waals surface area (Å²) < 4.78 is 5.29. The molecular weight excluding hydrogens is 256 g/mol. The van der Waals surface area contributed by atoms with E-state index < -0.39 is 6.10 Å². The van der Waals surface area contributed by atoms with E-state index in [1.165, 1.54) is 0 Å². The number of nitrogens with one attached hydrogen (secondary N) is 2. The molecule has 1 saturated heterocycles. The number of amides is 2. The number of benzene rings is 1. The molecule has 0 aliphatic carbocycles. The molecule has 1 atom stereocenters. The van der Waals surface area contributed by atoms with Crippen molar-refractivity contribution < 1.29 is 14.6 Å². The van der Waals surface area contributed by atoms with Gasteiger partial charge in [-0.05, 0) is 43.4 Å². The first-order chi connectivity index (χ1) is 9.65. The van der Waals surface area contributed by atoms with Gasteiger partial charge < -0.3 is 20.5 Å². The Morgan fingerprint density at radius 2 is 2.20 bits per heavy atom. The molecule has 1 aromatic rings. The van der Waals surface area contributed by atoms with Crippen LogP contribution in [0.4, 0.5) is 10.5 Å². The number of carbonyl (C=O) groups is 1. The minimum Gasteiger partial charge on any atom is -0.389 e. The van der Waals surface area contributed by atoms with Crippen LogP contribution in [0.1, 0.15) is 31.4 Å². The lowest BCUT2D eigenvalue weighted by Crippen LogP contribution is -2.35. The zero-order valence-electron chi connectivity index (χ0n) is 11.8. The van der Waals surface area contributed by atoms with E-state index in [-0.39, 0.29) is 6.03 Å². The van der Waals surface area contributed by atoms with Gasteiger partial charge in [0, 0.05) is 25.4 Å². The molecule has 5 heteroatoms. The highest BCUT2D eigenvalue weighted by atomic mass is 16.5. The van der Waals surface area contributed by atoms with E-state index in [0.717, 1.165) is 31.6 Å². The van der Waals surface area contributed by atoms with E-state index in [1.807, 2.05) is 12.1 Å². The van der Waals surface area contributed by atoms with Crippen molar-refractivity contribution in [1.29, 1.82) is 0 Å². The highest BCUT2D eigenvalue weighted by Gasteiger charge is 2.14. The number of hydrogen-bond donors (Lipinski definition) is 3. The minimum absolute atomic E-state index is 0.209. The fourth-order valence-electron chi connectivity index (χ4n) is 2.24. The Kier molecular flexibility index (Phi) is 5.38. The molecule has 3 N–H and O–H groups in total. The second-order valence-electron chi connectivity index (χ2n) is 5.19. The van der Waals surface area contributed by atoms with E-state index in [9.17, 15) is 9.90 Å². The Hall–Kier alpha value is -1.59. The van der Waals surface area contributed by atoms with Crippen molar-refractivity contribution >= 4 is 11.7 Å². The van der Waals surface area contributed by atoms with Gasteiger partial charge in [-0.1, -0.05) is 12.1 Å². The van der Waals surface area contributed by atoms with Crippen molar-refractivity contribution in [3.8, 4) is 0 Å². The summed E-state index contributed by atoms with van der Waals surface area (Å²) in [6.07, 6.45) is 1.46. The lowest BCUT2D eigenvalue weighted by Gasteiger charge is -2.22. The van der Waals surface area contributed by atoms with E-state index in [1.54, 1.807) is 19.1 Å². The molecule has 5 nitrogen and oxygen atoms in total. The molecule has 1 heterocycles. The van der Waals surface area contributed by atoms with Crippen LogP contribution >= 0.6 is 0 Å². The monoisotopic (exact) mass is 278 g/mol. The van der Waals surface area contributed by atoms with E-state index in [0.29, 0.717) is 18.2 Å². The predicted octanol–water partition coefficient (Wildman–Crippen LogP) is 2.29. The first-order valence-electron chi connectivity index (χ1n) is 7.06. The summed E-state index contributed by atoms with van der Waals surface area (Å²) in [6, 6.07) is 7.02. The molecule has 0 radical (unpaired) electrons. The van der Waals surface area contributed by atoms with Crippen LogP contribution in [0, 0.1) is 5.92 Å². The third-order valence-corrected chi connectivity index (χ3v) is 3.52. The van der Waals surface area contributed by atoms with Crippen LogP contribution in [0.2, 0.25) is 0 Å². The Bertz CT molecular complexity index is 442. The Morgan fingerprint density at radius 3 is 2.90 bits per heavy atom. The smallest absolute Gasteiger partial charge is 0.319 e. The van der Waals surface area contributed by atoms with E-state index in [2.05, 4.69) is 10.6 Å². The van der Waals surface area contributed by atoms with Gasteiger partial charge in [0.2, 0.25) is 0 Å². The molecule has 110 valence electrons. The summed E-state index contributed by atoms with van der Waals surface area (Å²) in [5, 5.41) is 15.2. The second kappa shape index (κ2) is 7.26. The highest BCUT2D eigenvalue weighted by molar-refractivity contribution is 5.89. The topological polar surface area (TPSA) is 70.6 Å². The van der Waals surface area contributed by atoms with Crippen LogP contribution in [0.5, 0.6) is 0 Å². The quantitative estimate of drug-likeness (QED) is 0.791. The average Bonchev–Trinajstić information content (AvgIpc) is 2.46. The highest BCUT2D eigenvalue weighted by Crippen LogP contribution is 2.17. The number of anilines is 1. The maximum absolute atomic E-state index is 11.8. The average molecular weight is 278 g/mol. The summed E-state index contributed by atoms with van der Waals surface area (Å²) in [6.45, 7) is 3.93. The Labute approximate surface area is 119 Å². The molecular formula is C15H22N2O3. The molecule has 2 amide bonds. The minimum atomic E-state index is -0.540. The third kappa shape index (κ3) is 4.51. The van der Waals surface area contributed by atoms with Gasteiger partial charge in [-0.2, -0.15) is 0 Å². The fraction of sp³-hybridized carbons (Fsp3) is 0.533. The molecule has 0 spiro atoms. The van der Waals surface area contributed by atoms with Crippen LogP contribution in [0.15, 0.2) is 24.3 Å². The first-order valence-corrected chi connectivity index (χ1v) is 7.06. The maximum atomic E-state index is 11.8. The van der Waals surface area contributed by atoms with E-state index in [4.69, 9.17) is 4.74 Å². The zero-order valence-corrected chi connectivity index (χ0v) is 11.8. The number of aliphatic hydroxyl groups excluding tert-OH is 1. The van der Waals surface area contributed by atoms with Crippen LogP contribution in [-0.2, 0) is 4.74 Å². The molecule has 0 saturated carbocycles. The fourth-order valence-corrected chi connectivity index (χ4v) is 2.24. The molecule has 1 aromatic carbocycles. The zero-order chi connectivity index (χ0) is 14.4. The lowest BCUT2D eigenvalue weighted by molar-refractivity contribution is 0.0671. The van der Waals surface area contributed by atoms with Crippen molar-refractivity contribution in [2.45, 2.75) is 25.9 Å². The Balaban J connectivity index is 1.80. The van der Waals surface area contributed by atoms with Gasteiger partial charge in [0.05, 0.1) is 6.10 Å². The number of hydrogen-bond acceptors (Lipinski definition) is 3.